The molecule has 0 amide bonds. The molecular formula is C13H10ClNO2. The van der Waals surface area contributed by atoms with E-state index in [-0.39, 0.29) is 6.79 Å². The molecule has 0 bridgehead atoms. The fourth-order valence-corrected chi connectivity index (χ4v) is 2.10. The number of rotatable bonds is 1. The summed E-state index contributed by atoms with van der Waals surface area (Å²) in [5.74, 6) is 1.52. The Balaban J connectivity index is 2.09. The summed E-state index contributed by atoms with van der Waals surface area (Å²) in [6, 6.07) is 11.2. The highest BCUT2D eigenvalue weighted by atomic mass is 35.5. The SMILES string of the molecule is Nc1cc(Cl)cc(-c2ccc3c(c2)OCO3)c1. The molecule has 3 nitrogen and oxygen atoms in total. The normalized spacial score (nSPS) is 12.8. The summed E-state index contributed by atoms with van der Waals surface area (Å²) >= 11 is 5.98. The minimum absolute atomic E-state index is 0.274. The van der Waals surface area contributed by atoms with Crippen LogP contribution in [-0.4, -0.2) is 6.79 Å². The highest BCUT2D eigenvalue weighted by Crippen LogP contribution is 2.36. The van der Waals surface area contributed by atoms with Gasteiger partial charge in [-0.1, -0.05) is 17.7 Å². The van der Waals surface area contributed by atoms with E-state index in [2.05, 4.69) is 0 Å². The van der Waals surface area contributed by atoms with Crippen LogP contribution in [0.25, 0.3) is 11.1 Å². The molecule has 0 saturated carbocycles. The molecule has 2 N–H and O–H groups in total. The van der Waals surface area contributed by atoms with Crippen molar-refractivity contribution in [2.24, 2.45) is 0 Å². The zero-order chi connectivity index (χ0) is 11.8. The Hall–Kier alpha value is -1.87. The molecule has 3 rings (SSSR count). The Morgan fingerprint density at radius 2 is 1.76 bits per heavy atom. The highest BCUT2D eigenvalue weighted by molar-refractivity contribution is 6.31. The smallest absolute Gasteiger partial charge is 0.231 e. The standard InChI is InChI=1S/C13H10ClNO2/c14-10-3-9(4-11(15)6-10)8-1-2-12-13(5-8)17-7-16-12/h1-6H,7,15H2. The molecule has 1 aliphatic rings. The number of hydrogen-bond acceptors (Lipinski definition) is 3. The Kier molecular flexibility index (Phi) is 2.34. The lowest BCUT2D eigenvalue weighted by molar-refractivity contribution is 0.174. The van der Waals surface area contributed by atoms with Crippen LogP contribution in [0.4, 0.5) is 5.69 Å². The van der Waals surface area contributed by atoms with E-state index in [1.165, 1.54) is 0 Å². The van der Waals surface area contributed by atoms with E-state index in [0.29, 0.717) is 10.7 Å². The first-order valence-electron chi connectivity index (χ1n) is 5.18. The molecule has 0 aromatic heterocycles. The van der Waals surface area contributed by atoms with Crippen molar-refractivity contribution in [1.82, 2.24) is 0 Å². The monoisotopic (exact) mass is 247 g/mol. The molecule has 4 heteroatoms. The van der Waals surface area contributed by atoms with E-state index < -0.39 is 0 Å². The second-order valence-corrected chi connectivity index (χ2v) is 4.28. The molecule has 2 aromatic carbocycles. The summed E-state index contributed by atoms with van der Waals surface area (Å²) in [5, 5.41) is 0.623. The van der Waals surface area contributed by atoms with Gasteiger partial charge in [-0.05, 0) is 41.5 Å². The summed E-state index contributed by atoms with van der Waals surface area (Å²) in [6.07, 6.45) is 0. The molecule has 0 spiro atoms. The maximum atomic E-state index is 5.98. The summed E-state index contributed by atoms with van der Waals surface area (Å²) in [6.45, 7) is 0.274. The molecule has 0 atom stereocenters. The van der Waals surface area contributed by atoms with E-state index >= 15 is 0 Å². The molecule has 1 heterocycles. The number of halogens is 1. The zero-order valence-corrected chi connectivity index (χ0v) is 9.70. The van der Waals surface area contributed by atoms with Gasteiger partial charge in [-0.15, -0.1) is 0 Å². The van der Waals surface area contributed by atoms with Gasteiger partial charge in [0.2, 0.25) is 6.79 Å². The molecule has 0 saturated heterocycles. The third-order valence-electron chi connectivity index (χ3n) is 2.63. The highest BCUT2D eigenvalue weighted by Gasteiger charge is 2.14. The average molecular weight is 248 g/mol. The van der Waals surface area contributed by atoms with Gasteiger partial charge in [-0.2, -0.15) is 0 Å². The minimum Gasteiger partial charge on any atom is -0.454 e. The van der Waals surface area contributed by atoms with Crippen LogP contribution in [0.2, 0.25) is 5.02 Å². The fraction of sp³-hybridized carbons (Fsp3) is 0.0769. The second kappa shape index (κ2) is 3.86. The van der Waals surface area contributed by atoms with Crippen LogP contribution in [-0.2, 0) is 0 Å². The number of fused-ring (bicyclic) bond motifs is 1. The Morgan fingerprint density at radius 3 is 2.59 bits per heavy atom. The predicted octanol–water partition coefficient (Wildman–Crippen LogP) is 3.32. The minimum atomic E-state index is 0.274. The average Bonchev–Trinajstić information content (AvgIpc) is 2.74. The van der Waals surface area contributed by atoms with Gasteiger partial charge in [0.25, 0.3) is 0 Å². The topological polar surface area (TPSA) is 44.5 Å². The number of nitrogens with two attached hydrogens (primary N) is 1. The van der Waals surface area contributed by atoms with Gasteiger partial charge in [0, 0.05) is 10.7 Å². The summed E-state index contributed by atoms with van der Waals surface area (Å²) < 4.78 is 10.6. The fourth-order valence-electron chi connectivity index (χ4n) is 1.86. The van der Waals surface area contributed by atoms with Crippen LogP contribution in [0.3, 0.4) is 0 Å². The van der Waals surface area contributed by atoms with E-state index in [1.54, 1.807) is 6.07 Å². The molecule has 86 valence electrons. The third kappa shape index (κ3) is 1.89. The van der Waals surface area contributed by atoms with Crippen molar-refractivity contribution in [1.29, 1.82) is 0 Å². The molecule has 0 aliphatic carbocycles. The van der Waals surface area contributed by atoms with Crippen LogP contribution >= 0.6 is 11.6 Å². The van der Waals surface area contributed by atoms with Gasteiger partial charge in [0.05, 0.1) is 0 Å². The predicted molar refractivity (Wildman–Crippen MR) is 67.4 cm³/mol. The maximum absolute atomic E-state index is 5.98. The van der Waals surface area contributed by atoms with Gasteiger partial charge >= 0.3 is 0 Å². The van der Waals surface area contributed by atoms with E-state index in [9.17, 15) is 0 Å². The molecule has 0 unspecified atom stereocenters. The van der Waals surface area contributed by atoms with Gasteiger partial charge < -0.3 is 15.2 Å². The second-order valence-electron chi connectivity index (χ2n) is 3.84. The number of anilines is 1. The molecule has 0 radical (unpaired) electrons. The largest absolute Gasteiger partial charge is 0.454 e. The van der Waals surface area contributed by atoms with Crippen LogP contribution < -0.4 is 15.2 Å². The first kappa shape index (κ1) is 10.3. The van der Waals surface area contributed by atoms with Crippen molar-refractivity contribution < 1.29 is 9.47 Å². The van der Waals surface area contributed by atoms with Crippen molar-refractivity contribution in [3.8, 4) is 22.6 Å². The Labute approximate surface area is 104 Å². The van der Waals surface area contributed by atoms with Crippen LogP contribution in [0.15, 0.2) is 36.4 Å². The number of hydrogen-bond donors (Lipinski definition) is 1. The van der Waals surface area contributed by atoms with E-state index in [1.807, 2.05) is 30.3 Å². The number of ether oxygens (including phenoxy) is 2. The Bertz CT molecular complexity index is 563. The van der Waals surface area contributed by atoms with E-state index in [0.717, 1.165) is 22.6 Å². The first-order chi connectivity index (χ1) is 8.22. The third-order valence-corrected chi connectivity index (χ3v) is 2.84. The molecule has 1 aliphatic heterocycles. The Morgan fingerprint density at radius 1 is 0.941 bits per heavy atom. The summed E-state index contributed by atoms with van der Waals surface area (Å²) in [5.41, 5.74) is 8.38. The molecule has 2 aromatic rings. The van der Waals surface area contributed by atoms with Gasteiger partial charge in [-0.3, -0.25) is 0 Å². The lowest BCUT2D eigenvalue weighted by Gasteiger charge is -2.05. The quantitative estimate of drug-likeness (QED) is 0.787. The van der Waals surface area contributed by atoms with Crippen molar-refractivity contribution in [3.05, 3.63) is 41.4 Å². The molecule has 0 fully saturated rings. The van der Waals surface area contributed by atoms with E-state index in [4.69, 9.17) is 26.8 Å². The van der Waals surface area contributed by atoms with Crippen molar-refractivity contribution in [2.45, 2.75) is 0 Å². The number of benzene rings is 2. The van der Waals surface area contributed by atoms with Crippen molar-refractivity contribution >= 4 is 17.3 Å². The number of nitrogen functional groups attached to an aromatic ring is 1. The van der Waals surface area contributed by atoms with Gasteiger partial charge in [-0.25, -0.2) is 0 Å². The lowest BCUT2D eigenvalue weighted by atomic mass is 10.0. The van der Waals surface area contributed by atoms with Gasteiger partial charge in [0.15, 0.2) is 11.5 Å². The maximum Gasteiger partial charge on any atom is 0.231 e. The van der Waals surface area contributed by atoms with Crippen LogP contribution in [0, 0.1) is 0 Å². The molecular weight excluding hydrogens is 238 g/mol. The summed E-state index contributed by atoms with van der Waals surface area (Å²) in [4.78, 5) is 0. The zero-order valence-electron chi connectivity index (χ0n) is 8.94. The lowest BCUT2D eigenvalue weighted by Crippen LogP contribution is -1.92. The van der Waals surface area contributed by atoms with Crippen LogP contribution in [0.5, 0.6) is 11.5 Å². The first-order valence-corrected chi connectivity index (χ1v) is 5.56. The van der Waals surface area contributed by atoms with Crippen LogP contribution in [0.1, 0.15) is 0 Å². The molecule has 17 heavy (non-hydrogen) atoms. The van der Waals surface area contributed by atoms with Crippen molar-refractivity contribution in [2.75, 3.05) is 12.5 Å². The summed E-state index contributed by atoms with van der Waals surface area (Å²) in [7, 11) is 0. The van der Waals surface area contributed by atoms with Gasteiger partial charge in [0.1, 0.15) is 0 Å². The van der Waals surface area contributed by atoms with Crippen molar-refractivity contribution in [3.63, 3.8) is 0 Å².